The van der Waals surface area contributed by atoms with Gasteiger partial charge < -0.3 is 9.47 Å². The fourth-order valence-corrected chi connectivity index (χ4v) is 1.55. The minimum Gasteiger partial charge on any atom is -0.353 e. The van der Waals surface area contributed by atoms with E-state index >= 15 is 0 Å². The Balaban J connectivity index is 2.11. The highest BCUT2D eigenvalue weighted by Crippen LogP contribution is 2.16. The molecule has 1 aliphatic heterocycles. The summed E-state index contributed by atoms with van der Waals surface area (Å²) in [5.74, 6) is 0. The zero-order valence-electron chi connectivity index (χ0n) is 8.21. The minimum atomic E-state index is 0.0836. The zero-order chi connectivity index (χ0) is 8.81. The van der Waals surface area contributed by atoms with E-state index in [4.69, 9.17) is 9.47 Å². The van der Waals surface area contributed by atoms with Crippen LogP contribution in [0.3, 0.4) is 0 Å². The first-order valence-electron chi connectivity index (χ1n) is 5.10. The molecule has 1 heterocycles. The van der Waals surface area contributed by atoms with Crippen LogP contribution in [0.2, 0.25) is 0 Å². The van der Waals surface area contributed by atoms with Gasteiger partial charge in [0.1, 0.15) is 0 Å². The van der Waals surface area contributed by atoms with Crippen LogP contribution in [0.5, 0.6) is 0 Å². The van der Waals surface area contributed by atoms with E-state index in [0.717, 1.165) is 19.4 Å². The first-order valence-corrected chi connectivity index (χ1v) is 5.10. The second kappa shape index (κ2) is 5.55. The van der Waals surface area contributed by atoms with Crippen molar-refractivity contribution in [3.05, 3.63) is 0 Å². The molecule has 1 fully saturated rings. The monoisotopic (exact) mass is 172 g/mol. The van der Waals surface area contributed by atoms with Gasteiger partial charge in [-0.3, -0.25) is 0 Å². The number of ether oxygens (including phenoxy) is 2. The summed E-state index contributed by atoms with van der Waals surface area (Å²) in [6.07, 6.45) is 6.30. The van der Waals surface area contributed by atoms with Crippen LogP contribution in [0, 0.1) is 0 Å². The molecule has 1 aliphatic rings. The van der Waals surface area contributed by atoms with Gasteiger partial charge in [-0.05, 0) is 32.6 Å². The van der Waals surface area contributed by atoms with Gasteiger partial charge in [0.25, 0.3) is 0 Å². The lowest BCUT2D eigenvalue weighted by Gasteiger charge is -2.25. The number of rotatable bonds is 4. The first kappa shape index (κ1) is 10.0. The summed E-state index contributed by atoms with van der Waals surface area (Å²) in [5.41, 5.74) is 0. The molecule has 1 unspecified atom stereocenters. The van der Waals surface area contributed by atoms with Crippen molar-refractivity contribution in [3.8, 4) is 0 Å². The molecule has 0 amide bonds. The van der Waals surface area contributed by atoms with E-state index in [1.165, 1.54) is 19.3 Å². The summed E-state index contributed by atoms with van der Waals surface area (Å²) >= 11 is 0. The molecule has 2 heteroatoms. The maximum absolute atomic E-state index is 5.71. The molecule has 0 aromatic rings. The van der Waals surface area contributed by atoms with Crippen molar-refractivity contribution in [1.29, 1.82) is 0 Å². The van der Waals surface area contributed by atoms with Crippen molar-refractivity contribution < 1.29 is 9.47 Å². The Morgan fingerprint density at radius 1 is 1.50 bits per heavy atom. The van der Waals surface area contributed by atoms with Crippen LogP contribution in [-0.4, -0.2) is 19.0 Å². The average molecular weight is 172 g/mol. The third-order valence-electron chi connectivity index (χ3n) is 2.22. The highest BCUT2D eigenvalue weighted by atomic mass is 16.7. The van der Waals surface area contributed by atoms with Crippen molar-refractivity contribution >= 4 is 0 Å². The lowest BCUT2D eigenvalue weighted by atomic mass is 10.2. The fourth-order valence-electron chi connectivity index (χ4n) is 1.55. The van der Waals surface area contributed by atoms with Crippen molar-refractivity contribution in [2.45, 2.75) is 58.3 Å². The van der Waals surface area contributed by atoms with Crippen LogP contribution in [0.15, 0.2) is 0 Å². The quantitative estimate of drug-likeness (QED) is 0.649. The Bertz CT molecular complexity index is 108. The molecule has 0 bridgehead atoms. The Morgan fingerprint density at radius 3 is 2.92 bits per heavy atom. The van der Waals surface area contributed by atoms with E-state index in [9.17, 15) is 0 Å². The van der Waals surface area contributed by atoms with Crippen molar-refractivity contribution in [2.24, 2.45) is 0 Å². The van der Waals surface area contributed by atoms with Crippen LogP contribution < -0.4 is 0 Å². The van der Waals surface area contributed by atoms with Crippen LogP contribution in [0.25, 0.3) is 0 Å². The number of hydrogen-bond acceptors (Lipinski definition) is 2. The summed E-state index contributed by atoms with van der Waals surface area (Å²) in [7, 11) is 0. The summed E-state index contributed by atoms with van der Waals surface area (Å²) < 4.78 is 11.2. The standard InChI is InChI=1S/C10H20O2/c1-3-6-9(2)12-10-7-4-5-8-11-10/h9-10H,3-8H2,1-2H3/t9-,10?/m0/s1. The fraction of sp³-hybridized carbons (Fsp3) is 1.00. The lowest BCUT2D eigenvalue weighted by Crippen LogP contribution is -2.26. The van der Waals surface area contributed by atoms with E-state index in [2.05, 4.69) is 13.8 Å². The topological polar surface area (TPSA) is 18.5 Å². The highest BCUT2D eigenvalue weighted by molar-refractivity contribution is 4.57. The van der Waals surface area contributed by atoms with Gasteiger partial charge in [0.05, 0.1) is 6.10 Å². The zero-order valence-corrected chi connectivity index (χ0v) is 8.21. The third kappa shape index (κ3) is 3.55. The Morgan fingerprint density at radius 2 is 2.33 bits per heavy atom. The Kier molecular flexibility index (Phi) is 4.62. The van der Waals surface area contributed by atoms with Gasteiger partial charge >= 0.3 is 0 Å². The van der Waals surface area contributed by atoms with E-state index in [0.29, 0.717) is 6.10 Å². The molecule has 0 radical (unpaired) electrons. The van der Waals surface area contributed by atoms with Crippen LogP contribution in [0.1, 0.15) is 46.0 Å². The molecule has 72 valence electrons. The molecule has 1 saturated heterocycles. The van der Waals surface area contributed by atoms with Crippen molar-refractivity contribution in [2.75, 3.05) is 6.61 Å². The van der Waals surface area contributed by atoms with Gasteiger partial charge in [0.2, 0.25) is 0 Å². The molecule has 2 nitrogen and oxygen atoms in total. The molecule has 0 aliphatic carbocycles. The normalized spacial score (nSPS) is 27.0. The summed E-state index contributed by atoms with van der Waals surface area (Å²) in [6.45, 7) is 5.19. The molecule has 0 spiro atoms. The first-order chi connectivity index (χ1) is 5.83. The summed E-state index contributed by atoms with van der Waals surface area (Å²) in [6, 6.07) is 0. The Labute approximate surface area is 75.2 Å². The van der Waals surface area contributed by atoms with Gasteiger partial charge in [-0.25, -0.2) is 0 Å². The molecule has 1 rings (SSSR count). The smallest absolute Gasteiger partial charge is 0.157 e. The maximum Gasteiger partial charge on any atom is 0.157 e. The number of hydrogen-bond donors (Lipinski definition) is 0. The SMILES string of the molecule is CCC[C@H](C)OC1CCCCO1. The van der Waals surface area contributed by atoms with Gasteiger partial charge in [-0.1, -0.05) is 13.3 Å². The van der Waals surface area contributed by atoms with Crippen LogP contribution in [0.4, 0.5) is 0 Å². The largest absolute Gasteiger partial charge is 0.353 e. The predicted molar refractivity (Wildman–Crippen MR) is 49.0 cm³/mol. The van der Waals surface area contributed by atoms with Gasteiger partial charge in [0, 0.05) is 6.61 Å². The average Bonchev–Trinajstić information content (AvgIpc) is 2.06. The van der Waals surface area contributed by atoms with E-state index in [-0.39, 0.29) is 6.29 Å². The molecular formula is C10H20O2. The molecule has 0 saturated carbocycles. The molecular weight excluding hydrogens is 152 g/mol. The third-order valence-corrected chi connectivity index (χ3v) is 2.22. The molecule has 0 aromatic heterocycles. The highest BCUT2D eigenvalue weighted by Gasteiger charge is 2.16. The molecule has 12 heavy (non-hydrogen) atoms. The predicted octanol–water partition coefficient (Wildman–Crippen LogP) is 2.72. The van der Waals surface area contributed by atoms with E-state index in [1.54, 1.807) is 0 Å². The van der Waals surface area contributed by atoms with E-state index in [1.807, 2.05) is 0 Å². The van der Waals surface area contributed by atoms with E-state index < -0.39 is 0 Å². The molecule has 0 aromatic carbocycles. The minimum absolute atomic E-state index is 0.0836. The molecule has 0 N–H and O–H groups in total. The van der Waals surface area contributed by atoms with Crippen molar-refractivity contribution in [3.63, 3.8) is 0 Å². The van der Waals surface area contributed by atoms with Gasteiger partial charge in [-0.2, -0.15) is 0 Å². The summed E-state index contributed by atoms with van der Waals surface area (Å²) in [5, 5.41) is 0. The second-order valence-corrected chi connectivity index (χ2v) is 3.53. The second-order valence-electron chi connectivity index (χ2n) is 3.53. The summed E-state index contributed by atoms with van der Waals surface area (Å²) in [4.78, 5) is 0. The van der Waals surface area contributed by atoms with Crippen molar-refractivity contribution in [1.82, 2.24) is 0 Å². The van der Waals surface area contributed by atoms with Crippen LogP contribution in [-0.2, 0) is 9.47 Å². The van der Waals surface area contributed by atoms with Gasteiger partial charge in [-0.15, -0.1) is 0 Å². The Hall–Kier alpha value is -0.0800. The molecule has 2 atom stereocenters. The lowest BCUT2D eigenvalue weighted by molar-refractivity contribution is -0.185. The van der Waals surface area contributed by atoms with Crippen LogP contribution >= 0.6 is 0 Å². The van der Waals surface area contributed by atoms with Gasteiger partial charge in [0.15, 0.2) is 6.29 Å². The maximum atomic E-state index is 5.71.